The Labute approximate surface area is 124 Å². The van der Waals surface area contributed by atoms with Crippen molar-refractivity contribution in [1.29, 1.82) is 0 Å². The van der Waals surface area contributed by atoms with Crippen LogP contribution in [0.2, 0.25) is 0 Å². The van der Waals surface area contributed by atoms with E-state index in [2.05, 4.69) is 60.7 Å². The standard InChI is InChI=1S/C14H23N5S/c1-5-12-6-7-13(20-12)9-19-14(16-17-18-19)11(4)15-8-10(2)3/h6-7,10-11,15H,5,8-9H2,1-4H3. The molecule has 0 radical (unpaired) electrons. The van der Waals surface area contributed by atoms with E-state index < -0.39 is 0 Å². The Morgan fingerprint density at radius 3 is 2.65 bits per heavy atom. The SMILES string of the molecule is CCc1ccc(Cn2nnnc2C(C)NCC(C)C)s1. The minimum Gasteiger partial charge on any atom is -0.307 e. The Balaban J connectivity index is 2.04. The molecule has 5 nitrogen and oxygen atoms in total. The summed E-state index contributed by atoms with van der Waals surface area (Å²) in [5, 5.41) is 15.6. The molecule has 0 spiro atoms. The van der Waals surface area contributed by atoms with E-state index >= 15 is 0 Å². The lowest BCUT2D eigenvalue weighted by Crippen LogP contribution is -2.26. The van der Waals surface area contributed by atoms with E-state index in [-0.39, 0.29) is 6.04 Å². The zero-order valence-electron chi connectivity index (χ0n) is 12.6. The van der Waals surface area contributed by atoms with Crippen LogP contribution >= 0.6 is 11.3 Å². The van der Waals surface area contributed by atoms with Crippen molar-refractivity contribution >= 4 is 11.3 Å². The monoisotopic (exact) mass is 293 g/mol. The summed E-state index contributed by atoms with van der Waals surface area (Å²) in [6, 6.07) is 4.52. The largest absolute Gasteiger partial charge is 0.307 e. The van der Waals surface area contributed by atoms with Gasteiger partial charge in [-0.05, 0) is 48.4 Å². The quantitative estimate of drug-likeness (QED) is 0.852. The summed E-state index contributed by atoms with van der Waals surface area (Å²) < 4.78 is 1.89. The Kier molecular flexibility index (Phi) is 5.25. The third-order valence-corrected chi connectivity index (χ3v) is 4.36. The number of hydrogen-bond acceptors (Lipinski definition) is 5. The van der Waals surface area contributed by atoms with Gasteiger partial charge in [0, 0.05) is 9.75 Å². The summed E-state index contributed by atoms with van der Waals surface area (Å²) in [4.78, 5) is 2.70. The van der Waals surface area contributed by atoms with E-state index in [4.69, 9.17) is 0 Å². The van der Waals surface area contributed by atoms with Gasteiger partial charge in [-0.15, -0.1) is 16.4 Å². The van der Waals surface area contributed by atoms with Gasteiger partial charge in [-0.25, -0.2) is 4.68 Å². The third-order valence-electron chi connectivity index (χ3n) is 3.15. The maximum atomic E-state index is 4.16. The van der Waals surface area contributed by atoms with Gasteiger partial charge in [0.25, 0.3) is 0 Å². The molecule has 0 aliphatic heterocycles. The van der Waals surface area contributed by atoms with Crippen LogP contribution < -0.4 is 5.32 Å². The minimum atomic E-state index is 0.165. The van der Waals surface area contributed by atoms with Crippen LogP contribution in [-0.2, 0) is 13.0 Å². The Morgan fingerprint density at radius 2 is 2.00 bits per heavy atom. The van der Waals surface area contributed by atoms with Crippen LogP contribution in [0.4, 0.5) is 0 Å². The fourth-order valence-corrected chi connectivity index (χ4v) is 2.92. The van der Waals surface area contributed by atoms with Crippen molar-refractivity contribution in [3.8, 4) is 0 Å². The lowest BCUT2D eigenvalue weighted by molar-refractivity contribution is 0.462. The highest BCUT2D eigenvalue weighted by molar-refractivity contribution is 7.11. The maximum absolute atomic E-state index is 4.16. The molecule has 0 saturated heterocycles. The Hall–Kier alpha value is -1.27. The number of aromatic nitrogens is 4. The van der Waals surface area contributed by atoms with Gasteiger partial charge in [0.2, 0.25) is 0 Å². The molecule has 0 fully saturated rings. The van der Waals surface area contributed by atoms with Gasteiger partial charge in [-0.1, -0.05) is 20.8 Å². The molecule has 0 amide bonds. The second kappa shape index (κ2) is 6.95. The van der Waals surface area contributed by atoms with Gasteiger partial charge in [-0.3, -0.25) is 0 Å². The first kappa shape index (κ1) is 15.1. The summed E-state index contributed by atoms with van der Waals surface area (Å²) in [6.45, 7) is 10.4. The van der Waals surface area contributed by atoms with E-state index in [0.29, 0.717) is 5.92 Å². The summed E-state index contributed by atoms with van der Waals surface area (Å²) >= 11 is 1.83. The first-order chi connectivity index (χ1) is 9.60. The smallest absolute Gasteiger partial charge is 0.168 e. The highest BCUT2D eigenvalue weighted by Gasteiger charge is 2.15. The van der Waals surface area contributed by atoms with Crippen molar-refractivity contribution in [2.45, 2.75) is 46.7 Å². The van der Waals surface area contributed by atoms with E-state index in [0.717, 1.165) is 25.3 Å². The van der Waals surface area contributed by atoms with Crippen LogP contribution in [0, 0.1) is 5.92 Å². The lowest BCUT2D eigenvalue weighted by atomic mass is 10.2. The number of rotatable bonds is 7. The van der Waals surface area contributed by atoms with Crippen LogP contribution in [-0.4, -0.2) is 26.8 Å². The molecule has 20 heavy (non-hydrogen) atoms. The van der Waals surface area contributed by atoms with E-state index in [1.54, 1.807) is 0 Å². The highest BCUT2D eigenvalue weighted by Crippen LogP contribution is 2.19. The van der Waals surface area contributed by atoms with Crippen LogP contribution in [0.15, 0.2) is 12.1 Å². The molecule has 2 aromatic heterocycles. The van der Waals surface area contributed by atoms with E-state index in [1.807, 2.05) is 16.0 Å². The summed E-state index contributed by atoms with van der Waals surface area (Å²) in [5.74, 6) is 1.52. The topological polar surface area (TPSA) is 55.6 Å². The van der Waals surface area contributed by atoms with Crippen LogP contribution in [0.1, 0.15) is 49.3 Å². The number of hydrogen-bond donors (Lipinski definition) is 1. The molecule has 2 rings (SSSR count). The molecule has 0 aromatic carbocycles. The normalized spacial score (nSPS) is 13.1. The van der Waals surface area contributed by atoms with Crippen molar-refractivity contribution in [2.75, 3.05) is 6.54 Å². The van der Waals surface area contributed by atoms with Crippen molar-refractivity contribution in [3.05, 3.63) is 27.7 Å². The molecular formula is C14H23N5S. The summed E-state index contributed by atoms with van der Waals surface area (Å²) in [7, 11) is 0. The van der Waals surface area contributed by atoms with Gasteiger partial charge < -0.3 is 5.32 Å². The van der Waals surface area contributed by atoms with E-state index in [9.17, 15) is 0 Å². The highest BCUT2D eigenvalue weighted by atomic mass is 32.1. The fourth-order valence-electron chi connectivity index (χ4n) is 1.98. The number of aryl methyl sites for hydroxylation is 1. The number of thiophene rings is 1. The molecule has 1 unspecified atom stereocenters. The van der Waals surface area contributed by atoms with Gasteiger partial charge in [0.05, 0.1) is 12.6 Å². The molecule has 0 bridgehead atoms. The fraction of sp³-hybridized carbons (Fsp3) is 0.643. The predicted molar refractivity (Wildman–Crippen MR) is 81.9 cm³/mol. The van der Waals surface area contributed by atoms with Crippen LogP contribution in [0.3, 0.4) is 0 Å². The summed E-state index contributed by atoms with van der Waals surface area (Å²) in [6.07, 6.45) is 1.08. The molecular weight excluding hydrogens is 270 g/mol. The van der Waals surface area contributed by atoms with Gasteiger partial charge in [0.15, 0.2) is 5.82 Å². The van der Waals surface area contributed by atoms with Crippen molar-refractivity contribution in [3.63, 3.8) is 0 Å². The van der Waals surface area contributed by atoms with Crippen LogP contribution in [0.25, 0.3) is 0 Å². The zero-order valence-corrected chi connectivity index (χ0v) is 13.4. The number of nitrogens with zero attached hydrogens (tertiary/aromatic N) is 4. The van der Waals surface area contributed by atoms with Gasteiger partial charge >= 0.3 is 0 Å². The Bertz CT molecular complexity index is 531. The second-order valence-electron chi connectivity index (χ2n) is 5.44. The third kappa shape index (κ3) is 3.86. The molecule has 0 aliphatic rings. The maximum Gasteiger partial charge on any atom is 0.168 e. The molecule has 2 aromatic rings. The lowest BCUT2D eigenvalue weighted by Gasteiger charge is -2.14. The zero-order chi connectivity index (χ0) is 14.5. The van der Waals surface area contributed by atoms with Crippen molar-refractivity contribution < 1.29 is 0 Å². The first-order valence-electron chi connectivity index (χ1n) is 7.17. The van der Waals surface area contributed by atoms with Gasteiger partial charge in [-0.2, -0.15) is 0 Å². The molecule has 6 heteroatoms. The molecule has 110 valence electrons. The minimum absolute atomic E-state index is 0.165. The molecule has 1 N–H and O–H groups in total. The van der Waals surface area contributed by atoms with Gasteiger partial charge in [0.1, 0.15) is 0 Å². The van der Waals surface area contributed by atoms with Crippen molar-refractivity contribution in [1.82, 2.24) is 25.5 Å². The average Bonchev–Trinajstić information content (AvgIpc) is 3.05. The molecule has 1 atom stereocenters. The summed E-state index contributed by atoms with van der Waals surface area (Å²) in [5.41, 5.74) is 0. The average molecular weight is 293 g/mol. The Morgan fingerprint density at radius 1 is 1.25 bits per heavy atom. The second-order valence-corrected chi connectivity index (χ2v) is 6.69. The molecule has 2 heterocycles. The number of tetrazole rings is 1. The van der Waals surface area contributed by atoms with Crippen molar-refractivity contribution in [2.24, 2.45) is 5.92 Å². The first-order valence-corrected chi connectivity index (χ1v) is 7.98. The molecule has 0 aliphatic carbocycles. The molecule has 0 saturated carbocycles. The predicted octanol–water partition coefficient (Wildman–Crippen LogP) is 2.65. The number of nitrogens with one attached hydrogen (secondary N) is 1. The van der Waals surface area contributed by atoms with E-state index in [1.165, 1.54) is 9.75 Å². The van der Waals surface area contributed by atoms with Crippen LogP contribution in [0.5, 0.6) is 0 Å².